The maximum atomic E-state index is 11.6. The van der Waals surface area contributed by atoms with Crippen LogP contribution in [-0.4, -0.2) is 28.8 Å². The molecule has 0 heterocycles. The van der Waals surface area contributed by atoms with Crippen LogP contribution < -0.4 is 0 Å². The lowest BCUT2D eigenvalue weighted by Gasteiger charge is -2.13. The number of ether oxygens (including phenoxy) is 1. The number of esters is 1. The summed E-state index contributed by atoms with van der Waals surface area (Å²) in [6.45, 7) is 1.76. The molecule has 0 aliphatic rings. The first-order valence-electron chi connectivity index (χ1n) is 6.18. The second-order valence-electron chi connectivity index (χ2n) is 4.21. The van der Waals surface area contributed by atoms with Gasteiger partial charge in [0.2, 0.25) is 0 Å². The van der Waals surface area contributed by atoms with Crippen molar-refractivity contribution in [1.82, 2.24) is 0 Å². The molecule has 1 aromatic rings. The number of carboxylic acids is 1. The van der Waals surface area contributed by atoms with Crippen LogP contribution in [0.25, 0.3) is 0 Å². The molecule has 0 aliphatic heterocycles. The number of carboxylic acid groups (broad SMARTS) is 1. The van der Waals surface area contributed by atoms with Crippen molar-refractivity contribution in [2.24, 2.45) is 5.92 Å². The Kier molecular flexibility index (Phi) is 6.02. The van der Waals surface area contributed by atoms with Gasteiger partial charge in [-0.1, -0.05) is 37.3 Å². The van der Waals surface area contributed by atoms with Crippen LogP contribution in [0.1, 0.15) is 31.4 Å². The Balaban J connectivity index is 2.41. The maximum Gasteiger partial charge on any atom is 0.339 e. The van der Waals surface area contributed by atoms with E-state index in [0.717, 1.165) is 0 Å². The predicted octanol–water partition coefficient (Wildman–Crippen LogP) is 1.76. The molecule has 0 saturated heterocycles. The molecular weight excluding hydrogens is 248 g/mol. The summed E-state index contributed by atoms with van der Waals surface area (Å²) in [4.78, 5) is 22.3. The number of hydrogen-bond donors (Lipinski definition) is 2. The van der Waals surface area contributed by atoms with Crippen molar-refractivity contribution in [1.29, 1.82) is 0 Å². The standard InChI is InChI=1S/C14H18O5/c1-2-10(13(16)17)8-9-19-14(18)12(15)11-6-4-3-5-7-11/h3-7,10,12,15H,2,8-9H2,1H3,(H,16,17)/t10?,12-/m1/s1. The van der Waals surface area contributed by atoms with Crippen molar-refractivity contribution in [3.63, 3.8) is 0 Å². The molecule has 2 N–H and O–H groups in total. The Morgan fingerprint density at radius 2 is 1.89 bits per heavy atom. The molecular formula is C14H18O5. The van der Waals surface area contributed by atoms with E-state index < -0.39 is 24.0 Å². The van der Waals surface area contributed by atoms with Crippen LogP contribution in [0, 0.1) is 5.92 Å². The highest BCUT2D eigenvalue weighted by molar-refractivity contribution is 5.76. The van der Waals surface area contributed by atoms with Crippen molar-refractivity contribution < 1.29 is 24.5 Å². The number of aliphatic hydroxyl groups excluding tert-OH is 1. The molecule has 0 radical (unpaired) electrons. The SMILES string of the molecule is CCC(CCOC(=O)[C@H](O)c1ccccc1)C(=O)O. The van der Waals surface area contributed by atoms with Gasteiger partial charge >= 0.3 is 11.9 Å². The molecule has 2 atom stereocenters. The smallest absolute Gasteiger partial charge is 0.339 e. The normalized spacial score (nSPS) is 13.6. The van der Waals surface area contributed by atoms with Crippen LogP contribution >= 0.6 is 0 Å². The lowest BCUT2D eigenvalue weighted by Crippen LogP contribution is -2.20. The highest BCUT2D eigenvalue weighted by Crippen LogP contribution is 2.15. The number of aliphatic carboxylic acids is 1. The van der Waals surface area contributed by atoms with E-state index in [1.807, 2.05) is 0 Å². The number of carbonyl (C=O) groups excluding carboxylic acids is 1. The third kappa shape index (κ3) is 4.71. The number of carbonyl (C=O) groups is 2. The molecule has 0 aromatic heterocycles. The van der Waals surface area contributed by atoms with Crippen LogP contribution in [0.15, 0.2) is 30.3 Å². The molecule has 0 spiro atoms. The van der Waals surface area contributed by atoms with E-state index in [-0.39, 0.29) is 13.0 Å². The van der Waals surface area contributed by atoms with Gasteiger partial charge in [0.15, 0.2) is 6.10 Å². The van der Waals surface area contributed by atoms with E-state index in [0.29, 0.717) is 12.0 Å². The van der Waals surface area contributed by atoms with Gasteiger partial charge in [-0.2, -0.15) is 0 Å². The first-order chi connectivity index (χ1) is 9.06. The fraction of sp³-hybridized carbons (Fsp3) is 0.429. The summed E-state index contributed by atoms with van der Waals surface area (Å²) in [6.07, 6.45) is -0.598. The Labute approximate surface area is 111 Å². The van der Waals surface area contributed by atoms with Crippen molar-refractivity contribution >= 4 is 11.9 Å². The second kappa shape index (κ2) is 7.53. The molecule has 5 heteroatoms. The van der Waals surface area contributed by atoms with Gasteiger partial charge in [0.25, 0.3) is 0 Å². The van der Waals surface area contributed by atoms with Gasteiger partial charge in [-0.15, -0.1) is 0 Å². The van der Waals surface area contributed by atoms with Gasteiger partial charge in [-0.25, -0.2) is 4.79 Å². The van der Waals surface area contributed by atoms with Crippen LogP contribution in [0.4, 0.5) is 0 Å². The monoisotopic (exact) mass is 266 g/mol. The maximum absolute atomic E-state index is 11.6. The number of hydrogen-bond acceptors (Lipinski definition) is 4. The highest BCUT2D eigenvalue weighted by Gasteiger charge is 2.20. The molecule has 0 saturated carbocycles. The summed E-state index contributed by atoms with van der Waals surface area (Å²) in [5.74, 6) is -2.18. The Morgan fingerprint density at radius 3 is 2.42 bits per heavy atom. The fourth-order valence-corrected chi connectivity index (χ4v) is 1.65. The van der Waals surface area contributed by atoms with E-state index in [1.165, 1.54) is 0 Å². The highest BCUT2D eigenvalue weighted by atomic mass is 16.5. The lowest BCUT2D eigenvalue weighted by atomic mass is 10.0. The minimum Gasteiger partial charge on any atom is -0.481 e. The number of rotatable bonds is 7. The Bertz CT molecular complexity index is 415. The van der Waals surface area contributed by atoms with Gasteiger partial charge in [0.1, 0.15) is 0 Å². The van der Waals surface area contributed by atoms with Gasteiger partial charge in [-0.05, 0) is 18.4 Å². The zero-order valence-corrected chi connectivity index (χ0v) is 10.8. The van der Waals surface area contributed by atoms with Gasteiger partial charge in [-0.3, -0.25) is 4.79 Å². The molecule has 1 unspecified atom stereocenters. The Hall–Kier alpha value is -1.88. The summed E-state index contributed by atoms with van der Waals surface area (Å²) >= 11 is 0. The molecule has 0 fully saturated rings. The van der Waals surface area contributed by atoms with Crippen molar-refractivity contribution in [3.8, 4) is 0 Å². The summed E-state index contributed by atoms with van der Waals surface area (Å²) in [7, 11) is 0. The first kappa shape index (κ1) is 15.2. The largest absolute Gasteiger partial charge is 0.481 e. The minimum absolute atomic E-state index is 0.00642. The van der Waals surface area contributed by atoms with Gasteiger partial charge in [0, 0.05) is 0 Å². The van der Waals surface area contributed by atoms with E-state index in [1.54, 1.807) is 37.3 Å². The minimum atomic E-state index is -1.33. The molecule has 5 nitrogen and oxygen atoms in total. The molecule has 1 rings (SSSR count). The van der Waals surface area contributed by atoms with Gasteiger partial charge < -0.3 is 14.9 Å². The average molecular weight is 266 g/mol. The average Bonchev–Trinajstić information content (AvgIpc) is 2.43. The zero-order chi connectivity index (χ0) is 14.3. The predicted molar refractivity (Wildman–Crippen MR) is 68.4 cm³/mol. The van der Waals surface area contributed by atoms with E-state index >= 15 is 0 Å². The van der Waals surface area contributed by atoms with Gasteiger partial charge in [0.05, 0.1) is 12.5 Å². The van der Waals surface area contributed by atoms with Crippen LogP contribution in [0.3, 0.4) is 0 Å². The van der Waals surface area contributed by atoms with E-state index in [9.17, 15) is 14.7 Å². The van der Waals surface area contributed by atoms with Crippen LogP contribution in [0.2, 0.25) is 0 Å². The first-order valence-corrected chi connectivity index (χ1v) is 6.18. The number of aliphatic hydroxyl groups is 1. The van der Waals surface area contributed by atoms with Crippen molar-refractivity contribution in [2.45, 2.75) is 25.9 Å². The molecule has 1 aromatic carbocycles. The molecule has 104 valence electrons. The van der Waals surface area contributed by atoms with Crippen LogP contribution in [0.5, 0.6) is 0 Å². The van der Waals surface area contributed by atoms with Crippen molar-refractivity contribution in [3.05, 3.63) is 35.9 Å². The summed E-state index contributed by atoms with van der Waals surface area (Å²) < 4.78 is 4.89. The molecule has 19 heavy (non-hydrogen) atoms. The topological polar surface area (TPSA) is 83.8 Å². The molecule has 0 amide bonds. The Morgan fingerprint density at radius 1 is 1.26 bits per heavy atom. The quantitative estimate of drug-likeness (QED) is 0.735. The third-order valence-corrected chi connectivity index (χ3v) is 2.89. The second-order valence-corrected chi connectivity index (χ2v) is 4.21. The summed E-state index contributed by atoms with van der Waals surface area (Å²) in [5.41, 5.74) is 0.456. The summed E-state index contributed by atoms with van der Waals surface area (Å²) in [6, 6.07) is 8.45. The fourth-order valence-electron chi connectivity index (χ4n) is 1.65. The lowest BCUT2D eigenvalue weighted by molar-refractivity contribution is -0.155. The van der Waals surface area contributed by atoms with E-state index in [2.05, 4.69) is 0 Å². The van der Waals surface area contributed by atoms with E-state index in [4.69, 9.17) is 9.84 Å². The van der Waals surface area contributed by atoms with Crippen LogP contribution in [-0.2, 0) is 14.3 Å². The third-order valence-electron chi connectivity index (χ3n) is 2.89. The molecule has 0 aliphatic carbocycles. The number of benzene rings is 1. The zero-order valence-electron chi connectivity index (χ0n) is 10.8. The molecule has 0 bridgehead atoms. The van der Waals surface area contributed by atoms with Crippen molar-refractivity contribution in [2.75, 3.05) is 6.61 Å². The summed E-state index contributed by atoms with van der Waals surface area (Å²) in [5, 5.41) is 18.6.